The van der Waals surface area contributed by atoms with Crippen LogP contribution in [0.4, 0.5) is 5.69 Å². The number of anilines is 1. The first-order chi connectivity index (χ1) is 8.47. The topological polar surface area (TPSA) is 44.9 Å². The molecule has 2 rings (SSSR count). The Balaban J connectivity index is 2.33. The second-order valence-electron chi connectivity index (χ2n) is 4.70. The molecule has 0 saturated carbocycles. The Morgan fingerprint density at radius 3 is 2.67 bits per heavy atom. The van der Waals surface area contributed by atoms with Crippen molar-refractivity contribution in [3.05, 3.63) is 41.2 Å². The zero-order valence-corrected chi connectivity index (χ0v) is 11.2. The van der Waals surface area contributed by atoms with Crippen LogP contribution in [0.25, 0.3) is 10.9 Å². The minimum atomic E-state index is 0.0487. The Morgan fingerprint density at radius 1 is 1.28 bits per heavy atom. The van der Waals surface area contributed by atoms with Gasteiger partial charge in [0.05, 0.1) is 0 Å². The van der Waals surface area contributed by atoms with Gasteiger partial charge in [0.1, 0.15) is 0 Å². The van der Waals surface area contributed by atoms with E-state index in [1.165, 1.54) is 16.6 Å². The van der Waals surface area contributed by atoms with E-state index in [4.69, 9.17) is 0 Å². The standard InChI is InChI=1S/C15H18N2O/c1-9(7-10(2)18)16-13-5-6-14-11(3)12(4)17-15(14)8-13/h5-8,16-17H,1-4H3/b9-7+. The second-order valence-corrected chi connectivity index (χ2v) is 4.70. The van der Waals surface area contributed by atoms with Gasteiger partial charge in [-0.3, -0.25) is 4.79 Å². The molecule has 0 spiro atoms. The van der Waals surface area contributed by atoms with Crippen LogP contribution >= 0.6 is 0 Å². The molecule has 18 heavy (non-hydrogen) atoms. The quantitative estimate of drug-likeness (QED) is 0.806. The highest BCUT2D eigenvalue weighted by Crippen LogP contribution is 2.24. The summed E-state index contributed by atoms with van der Waals surface area (Å²) in [6, 6.07) is 6.18. The van der Waals surface area contributed by atoms with Crippen molar-refractivity contribution in [1.29, 1.82) is 0 Å². The lowest BCUT2D eigenvalue weighted by atomic mass is 10.1. The second kappa shape index (κ2) is 4.69. The predicted octanol–water partition coefficient (Wildman–Crippen LogP) is 3.69. The van der Waals surface area contributed by atoms with Crippen molar-refractivity contribution in [2.45, 2.75) is 27.7 Å². The van der Waals surface area contributed by atoms with E-state index < -0.39 is 0 Å². The van der Waals surface area contributed by atoms with Crippen molar-refractivity contribution in [3.63, 3.8) is 0 Å². The average molecular weight is 242 g/mol. The number of ketones is 1. The van der Waals surface area contributed by atoms with Gasteiger partial charge in [0.25, 0.3) is 0 Å². The molecular weight excluding hydrogens is 224 g/mol. The van der Waals surface area contributed by atoms with Crippen LogP contribution in [0, 0.1) is 13.8 Å². The SMILES string of the molecule is CC(=O)/C=C(\C)Nc1ccc2c(C)c(C)[nH]c2c1. The van der Waals surface area contributed by atoms with E-state index in [0.717, 1.165) is 16.9 Å². The smallest absolute Gasteiger partial charge is 0.154 e. The number of hydrogen-bond acceptors (Lipinski definition) is 2. The monoisotopic (exact) mass is 242 g/mol. The fourth-order valence-electron chi connectivity index (χ4n) is 2.12. The van der Waals surface area contributed by atoms with Crippen LogP contribution in [0.5, 0.6) is 0 Å². The molecule has 0 atom stereocenters. The van der Waals surface area contributed by atoms with Gasteiger partial charge in [0, 0.05) is 28.0 Å². The first-order valence-electron chi connectivity index (χ1n) is 6.02. The summed E-state index contributed by atoms with van der Waals surface area (Å²) in [6.45, 7) is 7.62. The molecule has 1 aromatic carbocycles. The fourth-order valence-corrected chi connectivity index (χ4v) is 2.12. The van der Waals surface area contributed by atoms with Crippen LogP contribution in [-0.2, 0) is 4.79 Å². The molecular formula is C15H18N2O. The molecule has 0 amide bonds. The molecule has 3 heteroatoms. The van der Waals surface area contributed by atoms with Gasteiger partial charge >= 0.3 is 0 Å². The summed E-state index contributed by atoms with van der Waals surface area (Å²) < 4.78 is 0. The minimum absolute atomic E-state index is 0.0487. The van der Waals surface area contributed by atoms with Crippen LogP contribution in [0.1, 0.15) is 25.1 Å². The Morgan fingerprint density at radius 2 is 2.00 bits per heavy atom. The molecule has 0 radical (unpaired) electrons. The molecule has 2 aromatic rings. The molecule has 94 valence electrons. The Hall–Kier alpha value is -2.03. The van der Waals surface area contributed by atoms with Gasteiger partial charge in [-0.25, -0.2) is 0 Å². The molecule has 1 aromatic heterocycles. The van der Waals surface area contributed by atoms with E-state index in [0.29, 0.717) is 0 Å². The summed E-state index contributed by atoms with van der Waals surface area (Å²) in [7, 11) is 0. The van der Waals surface area contributed by atoms with Crippen molar-refractivity contribution >= 4 is 22.4 Å². The Bertz CT molecular complexity index is 635. The van der Waals surface area contributed by atoms with Crippen molar-refractivity contribution < 1.29 is 4.79 Å². The summed E-state index contributed by atoms with van der Waals surface area (Å²) in [5, 5.41) is 4.46. The van der Waals surface area contributed by atoms with Crippen molar-refractivity contribution in [2.75, 3.05) is 5.32 Å². The number of H-pyrrole nitrogens is 1. The lowest BCUT2D eigenvalue weighted by Gasteiger charge is -2.06. The van der Waals surface area contributed by atoms with Crippen LogP contribution in [0.2, 0.25) is 0 Å². The van der Waals surface area contributed by atoms with Crippen molar-refractivity contribution in [3.8, 4) is 0 Å². The van der Waals surface area contributed by atoms with Gasteiger partial charge in [-0.05, 0) is 51.5 Å². The normalized spacial score (nSPS) is 11.9. The summed E-state index contributed by atoms with van der Waals surface area (Å²) in [5.41, 5.74) is 5.43. The molecule has 1 heterocycles. The van der Waals surface area contributed by atoms with Crippen LogP contribution in [-0.4, -0.2) is 10.8 Å². The zero-order chi connectivity index (χ0) is 13.3. The van der Waals surface area contributed by atoms with E-state index in [1.54, 1.807) is 13.0 Å². The maximum absolute atomic E-state index is 11.0. The zero-order valence-electron chi connectivity index (χ0n) is 11.2. The van der Waals surface area contributed by atoms with Gasteiger partial charge in [-0.1, -0.05) is 6.07 Å². The van der Waals surface area contributed by atoms with Crippen LogP contribution in [0.3, 0.4) is 0 Å². The number of carbonyl (C=O) groups is 1. The third-order valence-electron chi connectivity index (χ3n) is 3.07. The first-order valence-corrected chi connectivity index (χ1v) is 6.02. The van der Waals surface area contributed by atoms with E-state index >= 15 is 0 Å². The number of aromatic amines is 1. The van der Waals surface area contributed by atoms with E-state index in [2.05, 4.69) is 36.3 Å². The maximum atomic E-state index is 11.0. The Labute approximate surface area is 107 Å². The number of aromatic nitrogens is 1. The lowest BCUT2D eigenvalue weighted by Crippen LogP contribution is -1.97. The molecule has 2 N–H and O–H groups in total. The highest BCUT2D eigenvalue weighted by molar-refractivity contribution is 5.89. The van der Waals surface area contributed by atoms with Crippen molar-refractivity contribution in [2.24, 2.45) is 0 Å². The minimum Gasteiger partial charge on any atom is -0.359 e. The predicted molar refractivity (Wildman–Crippen MR) is 75.8 cm³/mol. The number of aryl methyl sites for hydroxylation is 2. The highest BCUT2D eigenvalue weighted by Gasteiger charge is 2.04. The summed E-state index contributed by atoms with van der Waals surface area (Å²) >= 11 is 0. The van der Waals surface area contributed by atoms with Gasteiger partial charge < -0.3 is 10.3 Å². The van der Waals surface area contributed by atoms with Gasteiger partial charge in [-0.15, -0.1) is 0 Å². The van der Waals surface area contributed by atoms with Crippen molar-refractivity contribution in [1.82, 2.24) is 4.98 Å². The third-order valence-corrected chi connectivity index (χ3v) is 3.07. The number of rotatable bonds is 3. The number of benzene rings is 1. The molecule has 0 unspecified atom stereocenters. The number of fused-ring (bicyclic) bond motifs is 1. The molecule has 0 aliphatic rings. The fraction of sp³-hybridized carbons (Fsp3) is 0.267. The number of hydrogen-bond donors (Lipinski definition) is 2. The Kier molecular flexibility index (Phi) is 3.24. The molecule has 0 aliphatic carbocycles. The van der Waals surface area contributed by atoms with E-state index in [9.17, 15) is 4.79 Å². The molecule has 3 nitrogen and oxygen atoms in total. The third kappa shape index (κ3) is 2.45. The number of allylic oxidation sites excluding steroid dienone is 2. The lowest BCUT2D eigenvalue weighted by molar-refractivity contribution is -0.112. The largest absolute Gasteiger partial charge is 0.359 e. The van der Waals surface area contributed by atoms with E-state index in [1.807, 2.05) is 13.0 Å². The van der Waals surface area contributed by atoms with Gasteiger partial charge in [-0.2, -0.15) is 0 Å². The summed E-state index contributed by atoms with van der Waals surface area (Å²) in [4.78, 5) is 14.3. The van der Waals surface area contributed by atoms with Crippen LogP contribution < -0.4 is 5.32 Å². The summed E-state index contributed by atoms with van der Waals surface area (Å²) in [5.74, 6) is 0.0487. The van der Waals surface area contributed by atoms with Gasteiger partial charge in [0.2, 0.25) is 0 Å². The van der Waals surface area contributed by atoms with E-state index in [-0.39, 0.29) is 5.78 Å². The molecule has 0 aliphatic heterocycles. The van der Waals surface area contributed by atoms with Crippen LogP contribution in [0.15, 0.2) is 30.0 Å². The highest BCUT2D eigenvalue weighted by atomic mass is 16.1. The number of carbonyl (C=O) groups excluding carboxylic acids is 1. The molecule has 0 bridgehead atoms. The molecule has 0 saturated heterocycles. The summed E-state index contributed by atoms with van der Waals surface area (Å²) in [6.07, 6.45) is 1.59. The average Bonchev–Trinajstić information content (AvgIpc) is 2.53. The first kappa shape index (κ1) is 12.4. The van der Waals surface area contributed by atoms with Gasteiger partial charge in [0.15, 0.2) is 5.78 Å². The maximum Gasteiger partial charge on any atom is 0.154 e. The molecule has 0 fully saturated rings. The number of nitrogens with one attached hydrogen (secondary N) is 2.